The number of benzene rings is 1. The van der Waals surface area contributed by atoms with Crippen LogP contribution < -0.4 is 0 Å². The Kier molecular flexibility index (Phi) is 5.52. The van der Waals surface area contributed by atoms with Gasteiger partial charge in [0, 0.05) is 19.0 Å². The van der Waals surface area contributed by atoms with Crippen LogP contribution in [0.4, 0.5) is 4.79 Å². The number of carbonyl (C=O) groups is 2. The first kappa shape index (κ1) is 18.3. The summed E-state index contributed by atoms with van der Waals surface area (Å²) in [6.45, 7) is 9.17. The van der Waals surface area contributed by atoms with E-state index >= 15 is 0 Å². The normalized spacial score (nSPS) is 21.3. The molecule has 2 atom stereocenters. The van der Waals surface area contributed by atoms with Crippen molar-refractivity contribution in [2.75, 3.05) is 20.2 Å². The highest BCUT2D eigenvalue weighted by Gasteiger charge is 2.32. The molecule has 1 aliphatic rings. The zero-order chi connectivity index (χ0) is 17.9. The lowest BCUT2D eigenvalue weighted by Crippen LogP contribution is -2.44. The summed E-state index contributed by atoms with van der Waals surface area (Å²) in [5.41, 5.74) is 1.18. The fourth-order valence-electron chi connectivity index (χ4n) is 2.98. The number of amides is 1. The van der Waals surface area contributed by atoms with Crippen molar-refractivity contribution in [3.63, 3.8) is 0 Å². The van der Waals surface area contributed by atoms with E-state index in [1.807, 2.05) is 32.9 Å². The highest BCUT2D eigenvalue weighted by Crippen LogP contribution is 2.33. The lowest BCUT2D eigenvalue weighted by molar-refractivity contribution is 0.0164. The molecule has 1 amide bonds. The smallest absolute Gasteiger partial charge is 0.410 e. The number of hydrogen-bond acceptors (Lipinski definition) is 4. The van der Waals surface area contributed by atoms with Gasteiger partial charge in [-0.15, -0.1) is 0 Å². The van der Waals surface area contributed by atoms with E-state index in [0.717, 1.165) is 12.0 Å². The molecule has 2 unspecified atom stereocenters. The Labute approximate surface area is 143 Å². The fourth-order valence-corrected chi connectivity index (χ4v) is 2.98. The number of ether oxygens (including phenoxy) is 2. The Hall–Kier alpha value is -2.04. The number of likely N-dealkylation sites (tertiary alicyclic amines) is 1. The highest BCUT2D eigenvalue weighted by molar-refractivity contribution is 5.89. The Bertz CT molecular complexity index is 588. The van der Waals surface area contributed by atoms with Gasteiger partial charge in [-0.1, -0.05) is 19.1 Å². The van der Waals surface area contributed by atoms with Crippen molar-refractivity contribution in [2.24, 2.45) is 5.92 Å². The molecule has 5 heteroatoms. The molecule has 0 saturated carbocycles. The zero-order valence-electron chi connectivity index (χ0n) is 15.2. The minimum atomic E-state index is -0.488. The lowest BCUT2D eigenvalue weighted by Gasteiger charge is -2.38. The third-order valence-corrected chi connectivity index (χ3v) is 4.37. The SMILES string of the molecule is COC(=O)c1ccc(C2CN(C(=O)OC(C)(C)C)CCC2C)cc1. The third kappa shape index (κ3) is 4.49. The predicted octanol–water partition coefficient (Wildman–Crippen LogP) is 3.83. The second-order valence-corrected chi connectivity index (χ2v) is 7.41. The van der Waals surface area contributed by atoms with Gasteiger partial charge in [0.2, 0.25) is 0 Å². The molecule has 5 nitrogen and oxygen atoms in total. The minimum absolute atomic E-state index is 0.234. The molecule has 24 heavy (non-hydrogen) atoms. The van der Waals surface area contributed by atoms with Crippen LogP contribution in [0.15, 0.2) is 24.3 Å². The van der Waals surface area contributed by atoms with Gasteiger partial charge in [0.05, 0.1) is 12.7 Å². The number of methoxy groups -OCH3 is 1. The second-order valence-electron chi connectivity index (χ2n) is 7.41. The maximum Gasteiger partial charge on any atom is 0.410 e. The quantitative estimate of drug-likeness (QED) is 0.772. The molecule has 0 N–H and O–H groups in total. The van der Waals surface area contributed by atoms with E-state index in [1.165, 1.54) is 7.11 Å². The number of carbonyl (C=O) groups excluding carboxylic acids is 2. The average Bonchev–Trinajstić information content (AvgIpc) is 2.53. The largest absolute Gasteiger partial charge is 0.465 e. The summed E-state index contributed by atoms with van der Waals surface area (Å²) in [4.78, 5) is 25.7. The molecule has 0 aliphatic carbocycles. The van der Waals surface area contributed by atoms with Crippen LogP contribution in [0.1, 0.15) is 56.0 Å². The van der Waals surface area contributed by atoms with Crippen LogP contribution >= 0.6 is 0 Å². The molecule has 132 valence electrons. The monoisotopic (exact) mass is 333 g/mol. The van der Waals surface area contributed by atoms with E-state index in [2.05, 4.69) is 6.92 Å². The van der Waals surface area contributed by atoms with Crippen molar-refractivity contribution >= 4 is 12.1 Å². The average molecular weight is 333 g/mol. The Morgan fingerprint density at radius 1 is 1.17 bits per heavy atom. The summed E-state index contributed by atoms with van der Waals surface area (Å²) in [5.74, 6) is 0.360. The first-order valence-corrected chi connectivity index (χ1v) is 8.37. The molecule has 0 bridgehead atoms. The standard InChI is InChI=1S/C19H27NO4/c1-13-10-11-20(18(22)24-19(2,3)4)12-16(13)14-6-8-15(9-7-14)17(21)23-5/h6-9,13,16H,10-12H2,1-5H3. The molecule has 1 aliphatic heterocycles. The van der Waals surface area contributed by atoms with Crippen molar-refractivity contribution in [1.82, 2.24) is 4.90 Å². The van der Waals surface area contributed by atoms with Crippen molar-refractivity contribution in [3.05, 3.63) is 35.4 Å². The van der Waals surface area contributed by atoms with Gasteiger partial charge < -0.3 is 14.4 Å². The molecule has 2 rings (SSSR count). The maximum atomic E-state index is 12.3. The summed E-state index contributed by atoms with van der Waals surface area (Å²) in [5, 5.41) is 0. The van der Waals surface area contributed by atoms with Crippen LogP contribution in [0.3, 0.4) is 0 Å². The molecule has 1 fully saturated rings. The van der Waals surface area contributed by atoms with Gasteiger partial charge in [-0.05, 0) is 50.8 Å². The van der Waals surface area contributed by atoms with Crippen LogP contribution in [0.25, 0.3) is 0 Å². The van der Waals surface area contributed by atoms with Crippen molar-refractivity contribution < 1.29 is 19.1 Å². The Morgan fingerprint density at radius 2 is 1.79 bits per heavy atom. The summed E-state index contributed by atoms with van der Waals surface area (Å²) in [7, 11) is 1.37. The van der Waals surface area contributed by atoms with E-state index in [-0.39, 0.29) is 18.0 Å². The first-order valence-electron chi connectivity index (χ1n) is 8.37. The van der Waals surface area contributed by atoms with Crippen LogP contribution in [-0.2, 0) is 9.47 Å². The Morgan fingerprint density at radius 3 is 2.33 bits per heavy atom. The fraction of sp³-hybridized carbons (Fsp3) is 0.579. The van der Waals surface area contributed by atoms with Crippen molar-refractivity contribution in [1.29, 1.82) is 0 Å². The van der Waals surface area contributed by atoms with Crippen LogP contribution in [0.5, 0.6) is 0 Å². The number of piperidine rings is 1. The molecule has 0 radical (unpaired) electrons. The zero-order valence-corrected chi connectivity index (χ0v) is 15.2. The van der Waals surface area contributed by atoms with Crippen molar-refractivity contribution in [2.45, 2.75) is 45.6 Å². The molecular weight excluding hydrogens is 306 g/mol. The number of esters is 1. The minimum Gasteiger partial charge on any atom is -0.465 e. The van der Waals surface area contributed by atoms with Crippen LogP contribution in [-0.4, -0.2) is 42.8 Å². The lowest BCUT2D eigenvalue weighted by atomic mass is 9.82. The van der Waals surface area contributed by atoms with E-state index in [9.17, 15) is 9.59 Å². The molecular formula is C19H27NO4. The van der Waals surface area contributed by atoms with Gasteiger partial charge in [-0.3, -0.25) is 0 Å². The Balaban J connectivity index is 2.11. The summed E-state index contributed by atoms with van der Waals surface area (Å²) in [6.07, 6.45) is 0.674. The summed E-state index contributed by atoms with van der Waals surface area (Å²) in [6, 6.07) is 7.46. The van der Waals surface area contributed by atoms with E-state index < -0.39 is 5.60 Å². The predicted molar refractivity (Wildman–Crippen MR) is 92.1 cm³/mol. The van der Waals surface area contributed by atoms with Crippen LogP contribution in [0, 0.1) is 5.92 Å². The topological polar surface area (TPSA) is 55.8 Å². The molecule has 0 aromatic heterocycles. The van der Waals surface area contributed by atoms with E-state index in [1.54, 1.807) is 17.0 Å². The van der Waals surface area contributed by atoms with Gasteiger partial charge in [0.15, 0.2) is 0 Å². The molecule has 1 aromatic rings. The second kappa shape index (κ2) is 7.24. The molecule has 0 spiro atoms. The molecule has 1 aromatic carbocycles. The van der Waals surface area contributed by atoms with Gasteiger partial charge in [-0.2, -0.15) is 0 Å². The highest BCUT2D eigenvalue weighted by atomic mass is 16.6. The van der Waals surface area contributed by atoms with Gasteiger partial charge in [0.25, 0.3) is 0 Å². The number of rotatable bonds is 2. The van der Waals surface area contributed by atoms with Crippen molar-refractivity contribution in [3.8, 4) is 0 Å². The van der Waals surface area contributed by atoms with Gasteiger partial charge in [-0.25, -0.2) is 9.59 Å². The summed E-state index contributed by atoms with van der Waals surface area (Å²) < 4.78 is 10.2. The third-order valence-electron chi connectivity index (χ3n) is 4.37. The van der Waals surface area contributed by atoms with E-state index in [4.69, 9.17) is 9.47 Å². The van der Waals surface area contributed by atoms with Gasteiger partial charge in [0.1, 0.15) is 5.60 Å². The van der Waals surface area contributed by atoms with E-state index in [0.29, 0.717) is 24.6 Å². The molecule has 1 saturated heterocycles. The number of hydrogen-bond donors (Lipinski definition) is 0. The maximum absolute atomic E-state index is 12.3. The van der Waals surface area contributed by atoms with Gasteiger partial charge >= 0.3 is 12.1 Å². The first-order chi connectivity index (χ1) is 11.2. The number of nitrogens with zero attached hydrogens (tertiary/aromatic N) is 1. The molecule has 1 heterocycles. The summed E-state index contributed by atoms with van der Waals surface area (Å²) >= 11 is 0. The van der Waals surface area contributed by atoms with Crippen LogP contribution in [0.2, 0.25) is 0 Å².